The summed E-state index contributed by atoms with van der Waals surface area (Å²) >= 11 is 3.17. The molecule has 2 N–H and O–H groups in total. The van der Waals surface area contributed by atoms with E-state index in [9.17, 15) is 9.18 Å². The number of rotatable bonds is 4. The van der Waals surface area contributed by atoms with E-state index in [4.69, 9.17) is 10.5 Å². The monoisotopic (exact) mass is 380 g/mol. The van der Waals surface area contributed by atoms with Gasteiger partial charge in [0.15, 0.2) is 18.2 Å². The number of carbonyl (C=O) groups excluding carboxylic acids is 1. The van der Waals surface area contributed by atoms with Crippen molar-refractivity contribution in [1.82, 2.24) is 4.90 Å². The number of nitrogens with zero attached hydrogens (tertiary/aromatic N) is 1. The predicted octanol–water partition coefficient (Wildman–Crippen LogP) is 2.59. The zero-order valence-corrected chi connectivity index (χ0v) is 14.2. The summed E-state index contributed by atoms with van der Waals surface area (Å²) in [7, 11) is 0. The highest BCUT2D eigenvalue weighted by atomic mass is 79.9. The van der Waals surface area contributed by atoms with Crippen molar-refractivity contribution in [3.8, 4) is 5.75 Å². The molecule has 0 spiro atoms. The highest BCUT2D eigenvalue weighted by Gasteiger charge is 2.34. The molecule has 0 bridgehead atoms. The molecule has 21 heavy (non-hydrogen) atoms. The van der Waals surface area contributed by atoms with Gasteiger partial charge in [0.1, 0.15) is 0 Å². The van der Waals surface area contributed by atoms with Crippen LogP contribution >= 0.6 is 28.3 Å². The van der Waals surface area contributed by atoms with Crippen LogP contribution in [0.25, 0.3) is 0 Å². The average Bonchev–Trinajstić information content (AvgIpc) is 2.81. The van der Waals surface area contributed by atoms with E-state index in [1.807, 2.05) is 0 Å². The molecule has 1 saturated heterocycles. The number of amides is 1. The van der Waals surface area contributed by atoms with Gasteiger partial charge >= 0.3 is 0 Å². The molecule has 118 valence electrons. The van der Waals surface area contributed by atoms with Crippen LogP contribution in [0.5, 0.6) is 5.75 Å². The molecule has 0 radical (unpaired) electrons. The Kier molecular flexibility index (Phi) is 6.43. The van der Waals surface area contributed by atoms with E-state index >= 15 is 0 Å². The Morgan fingerprint density at radius 1 is 1.57 bits per heavy atom. The van der Waals surface area contributed by atoms with Crippen molar-refractivity contribution >= 4 is 34.2 Å². The third-order valence-electron chi connectivity index (χ3n) is 3.65. The first kappa shape index (κ1) is 18.2. The maximum Gasteiger partial charge on any atom is 0.260 e. The molecule has 1 amide bonds. The fourth-order valence-corrected chi connectivity index (χ4v) is 2.56. The Balaban J connectivity index is 0.00000220. The van der Waals surface area contributed by atoms with E-state index in [1.54, 1.807) is 11.0 Å². The molecule has 1 aliphatic heterocycles. The lowest BCUT2D eigenvalue weighted by Gasteiger charge is -2.22. The van der Waals surface area contributed by atoms with Crippen LogP contribution in [0, 0.1) is 11.2 Å². The maximum atomic E-state index is 13.6. The highest BCUT2D eigenvalue weighted by Crippen LogP contribution is 2.28. The van der Waals surface area contributed by atoms with Crippen LogP contribution < -0.4 is 10.5 Å². The number of hydrogen-bond donors (Lipinski definition) is 1. The van der Waals surface area contributed by atoms with Gasteiger partial charge in [-0.15, -0.1) is 12.4 Å². The van der Waals surface area contributed by atoms with Gasteiger partial charge in [-0.25, -0.2) is 4.39 Å². The van der Waals surface area contributed by atoms with Crippen LogP contribution in [0.2, 0.25) is 0 Å². The standard InChI is InChI=1S/C14H18BrFN2O2.ClH/c1-14(8-17)4-5-18(9-14)13(19)7-20-12-3-2-10(15)6-11(12)16;/h2-3,6H,4-5,7-9,17H2,1H3;1H. The Morgan fingerprint density at radius 3 is 2.86 bits per heavy atom. The lowest BCUT2D eigenvalue weighted by Crippen LogP contribution is -2.36. The zero-order valence-electron chi connectivity index (χ0n) is 11.8. The molecule has 1 aromatic rings. The summed E-state index contributed by atoms with van der Waals surface area (Å²) in [5, 5.41) is 0. The smallest absolute Gasteiger partial charge is 0.260 e. The highest BCUT2D eigenvalue weighted by molar-refractivity contribution is 9.10. The van der Waals surface area contributed by atoms with Crippen LogP contribution in [0.4, 0.5) is 4.39 Å². The van der Waals surface area contributed by atoms with E-state index < -0.39 is 5.82 Å². The van der Waals surface area contributed by atoms with Crippen LogP contribution in [-0.4, -0.2) is 37.0 Å². The minimum absolute atomic E-state index is 0. The van der Waals surface area contributed by atoms with Crippen molar-refractivity contribution in [1.29, 1.82) is 0 Å². The Bertz CT molecular complexity index is 518. The summed E-state index contributed by atoms with van der Waals surface area (Å²) in [5.74, 6) is -0.535. The lowest BCUT2D eigenvalue weighted by atomic mass is 9.90. The molecule has 0 saturated carbocycles. The van der Waals surface area contributed by atoms with Gasteiger partial charge in [-0.1, -0.05) is 22.9 Å². The van der Waals surface area contributed by atoms with Gasteiger partial charge in [0.25, 0.3) is 5.91 Å². The SMILES string of the molecule is CC1(CN)CCN(C(=O)COc2ccc(Br)cc2F)C1.Cl. The van der Waals surface area contributed by atoms with Crippen LogP contribution in [0.3, 0.4) is 0 Å². The fraction of sp³-hybridized carbons (Fsp3) is 0.500. The van der Waals surface area contributed by atoms with Crippen molar-refractivity contribution in [2.24, 2.45) is 11.1 Å². The average molecular weight is 382 g/mol. The predicted molar refractivity (Wildman–Crippen MR) is 85.2 cm³/mol. The van der Waals surface area contributed by atoms with Crippen molar-refractivity contribution in [3.63, 3.8) is 0 Å². The molecule has 0 aliphatic carbocycles. The number of hydrogen-bond acceptors (Lipinski definition) is 3. The van der Waals surface area contributed by atoms with Gasteiger partial charge in [-0.3, -0.25) is 4.79 Å². The van der Waals surface area contributed by atoms with Gasteiger partial charge in [-0.05, 0) is 36.6 Å². The lowest BCUT2D eigenvalue weighted by molar-refractivity contribution is -0.132. The molecule has 1 aromatic carbocycles. The number of carbonyl (C=O) groups is 1. The third-order valence-corrected chi connectivity index (χ3v) is 4.14. The first-order valence-electron chi connectivity index (χ1n) is 6.49. The van der Waals surface area contributed by atoms with E-state index in [-0.39, 0.29) is 36.1 Å². The van der Waals surface area contributed by atoms with E-state index in [2.05, 4.69) is 22.9 Å². The molecule has 1 unspecified atom stereocenters. The van der Waals surface area contributed by atoms with E-state index in [1.165, 1.54) is 12.1 Å². The summed E-state index contributed by atoms with van der Waals surface area (Å²) in [6.07, 6.45) is 0.891. The van der Waals surface area contributed by atoms with Gasteiger partial charge in [-0.2, -0.15) is 0 Å². The second kappa shape index (κ2) is 7.42. The molecule has 1 atom stereocenters. The van der Waals surface area contributed by atoms with Gasteiger partial charge in [0.05, 0.1) is 0 Å². The largest absolute Gasteiger partial charge is 0.481 e. The first-order valence-corrected chi connectivity index (χ1v) is 7.28. The topological polar surface area (TPSA) is 55.6 Å². The van der Waals surface area contributed by atoms with Crippen molar-refractivity contribution < 1.29 is 13.9 Å². The first-order chi connectivity index (χ1) is 9.43. The molecule has 1 heterocycles. The fourth-order valence-electron chi connectivity index (χ4n) is 2.23. The molecule has 4 nitrogen and oxygen atoms in total. The van der Waals surface area contributed by atoms with Crippen LogP contribution in [0.1, 0.15) is 13.3 Å². The summed E-state index contributed by atoms with van der Waals surface area (Å²) in [4.78, 5) is 13.8. The van der Waals surface area contributed by atoms with Crippen molar-refractivity contribution in [3.05, 3.63) is 28.5 Å². The third kappa shape index (κ3) is 4.56. The molecule has 2 rings (SSSR count). The van der Waals surface area contributed by atoms with E-state index in [0.717, 1.165) is 6.42 Å². The molecule has 1 fully saturated rings. The summed E-state index contributed by atoms with van der Waals surface area (Å²) in [6.45, 7) is 3.78. The summed E-state index contributed by atoms with van der Waals surface area (Å²) < 4.78 is 19.4. The normalized spacial score (nSPS) is 21.0. The molecular weight excluding hydrogens is 363 g/mol. The van der Waals surface area contributed by atoms with Gasteiger partial charge in [0, 0.05) is 17.6 Å². The Morgan fingerprint density at radius 2 is 2.29 bits per heavy atom. The molecule has 1 aliphatic rings. The summed E-state index contributed by atoms with van der Waals surface area (Å²) in [6, 6.07) is 4.48. The number of nitrogens with two attached hydrogens (primary N) is 1. The number of benzene rings is 1. The molecule has 7 heteroatoms. The maximum absolute atomic E-state index is 13.6. The second-order valence-corrected chi connectivity index (χ2v) is 6.36. The van der Waals surface area contributed by atoms with Crippen LogP contribution in [-0.2, 0) is 4.79 Å². The van der Waals surface area contributed by atoms with Crippen molar-refractivity contribution in [2.45, 2.75) is 13.3 Å². The second-order valence-electron chi connectivity index (χ2n) is 5.44. The molecular formula is C14H19BrClFN2O2. The molecule has 0 aromatic heterocycles. The van der Waals surface area contributed by atoms with Gasteiger partial charge < -0.3 is 15.4 Å². The Hall–Kier alpha value is -0.850. The Labute approximate surface area is 138 Å². The van der Waals surface area contributed by atoms with E-state index in [0.29, 0.717) is 24.1 Å². The quantitative estimate of drug-likeness (QED) is 0.872. The van der Waals surface area contributed by atoms with Crippen molar-refractivity contribution in [2.75, 3.05) is 26.2 Å². The number of likely N-dealkylation sites (tertiary alicyclic amines) is 1. The van der Waals surface area contributed by atoms with Gasteiger partial charge in [0.2, 0.25) is 0 Å². The summed E-state index contributed by atoms with van der Waals surface area (Å²) in [5.41, 5.74) is 5.69. The number of ether oxygens (including phenoxy) is 1. The zero-order chi connectivity index (χ0) is 14.8. The minimum Gasteiger partial charge on any atom is -0.481 e. The number of halogens is 3. The minimum atomic E-state index is -0.486. The van der Waals surface area contributed by atoms with Crippen LogP contribution in [0.15, 0.2) is 22.7 Å².